The summed E-state index contributed by atoms with van der Waals surface area (Å²) in [7, 11) is 0. The Balaban J connectivity index is 1.76. The highest BCUT2D eigenvalue weighted by Crippen LogP contribution is 2.60. The Kier molecular flexibility index (Phi) is 6.37. The number of aliphatic hydroxyl groups excluding tert-OH is 2. The third-order valence-electron chi connectivity index (χ3n) is 7.87. The van der Waals surface area contributed by atoms with Crippen molar-refractivity contribution in [2.24, 2.45) is 29.1 Å². The summed E-state index contributed by atoms with van der Waals surface area (Å²) in [6, 6.07) is 0. The van der Waals surface area contributed by atoms with Crippen LogP contribution in [0.25, 0.3) is 0 Å². The van der Waals surface area contributed by atoms with Gasteiger partial charge in [-0.2, -0.15) is 0 Å². The Bertz CT molecular complexity index is 598. The van der Waals surface area contributed by atoms with Crippen LogP contribution >= 0.6 is 0 Å². The minimum absolute atomic E-state index is 0.455. The third kappa shape index (κ3) is 4.27. The van der Waals surface area contributed by atoms with Gasteiger partial charge in [0.15, 0.2) is 0 Å². The van der Waals surface area contributed by atoms with Gasteiger partial charge in [0.2, 0.25) is 0 Å². The first-order valence-electron chi connectivity index (χ1n) is 11.2. The Labute approximate surface area is 166 Å². The summed E-state index contributed by atoms with van der Waals surface area (Å²) in [4.78, 5) is 0. The Morgan fingerprint density at radius 3 is 2.41 bits per heavy atom. The van der Waals surface area contributed by atoms with Crippen molar-refractivity contribution in [1.29, 1.82) is 0 Å². The zero-order chi connectivity index (χ0) is 19.8. The van der Waals surface area contributed by atoms with Crippen molar-refractivity contribution in [2.45, 2.75) is 91.3 Å². The van der Waals surface area contributed by atoms with E-state index in [1.54, 1.807) is 5.57 Å². The van der Waals surface area contributed by atoms with Crippen LogP contribution in [0.2, 0.25) is 0 Å². The normalized spacial score (nSPS) is 39.7. The zero-order valence-corrected chi connectivity index (χ0v) is 17.9. The molecule has 3 aliphatic carbocycles. The van der Waals surface area contributed by atoms with Gasteiger partial charge in [-0.15, -0.1) is 0 Å². The summed E-state index contributed by atoms with van der Waals surface area (Å²) >= 11 is 0. The first-order chi connectivity index (χ1) is 12.7. The SMILES string of the molecule is C=C1[C@H](O)CC(=C/C=C2\CCC[C@]3(C)C2CCC3[C@H](C)CC(C)C)C[C@H]1O. The van der Waals surface area contributed by atoms with Crippen molar-refractivity contribution in [3.63, 3.8) is 0 Å². The molecule has 3 rings (SSSR count). The minimum atomic E-state index is -0.595. The lowest BCUT2D eigenvalue weighted by Crippen LogP contribution is -2.36. The van der Waals surface area contributed by atoms with Gasteiger partial charge in [0.1, 0.15) is 0 Å². The Hall–Kier alpha value is -0.860. The molecule has 0 heterocycles. The summed E-state index contributed by atoms with van der Waals surface area (Å²) in [5, 5.41) is 20.2. The predicted octanol–water partition coefficient (Wildman–Crippen LogP) is 5.81. The smallest absolute Gasteiger partial charge is 0.0809 e. The van der Waals surface area contributed by atoms with E-state index in [1.807, 2.05) is 0 Å². The van der Waals surface area contributed by atoms with E-state index in [9.17, 15) is 10.2 Å². The summed E-state index contributed by atoms with van der Waals surface area (Å²) in [6.45, 7) is 13.6. The first-order valence-corrected chi connectivity index (χ1v) is 11.2. The molecule has 0 aromatic rings. The number of hydrogen-bond donors (Lipinski definition) is 2. The number of fused-ring (bicyclic) bond motifs is 1. The number of hydrogen-bond acceptors (Lipinski definition) is 2. The molecule has 2 nitrogen and oxygen atoms in total. The summed E-state index contributed by atoms with van der Waals surface area (Å²) in [5.74, 6) is 3.16. The molecule has 0 aromatic heterocycles. The lowest BCUT2D eigenvalue weighted by atomic mass is 9.60. The number of allylic oxidation sites excluding steroid dienone is 3. The van der Waals surface area contributed by atoms with Crippen LogP contribution in [0.4, 0.5) is 0 Å². The van der Waals surface area contributed by atoms with Gasteiger partial charge in [0.05, 0.1) is 12.2 Å². The molecule has 0 aliphatic heterocycles. The summed E-state index contributed by atoms with van der Waals surface area (Å²) < 4.78 is 0. The van der Waals surface area contributed by atoms with Gasteiger partial charge in [-0.1, -0.05) is 57.6 Å². The molecule has 0 saturated heterocycles. The molecule has 6 atom stereocenters. The van der Waals surface area contributed by atoms with E-state index < -0.39 is 12.2 Å². The first kappa shape index (κ1) is 20.9. The fourth-order valence-electron chi connectivity index (χ4n) is 6.55. The van der Waals surface area contributed by atoms with Crippen LogP contribution < -0.4 is 0 Å². The van der Waals surface area contributed by atoms with Gasteiger partial charge in [-0.3, -0.25) is 0 Å². The fourth-order valence-corrected chi connectivity index (χ4v) is 6.55. The molecule has 0 amide bonds. The maximum atomic E-state index is 10.1. The average molecular weight is 373 g/mol. The van der Waals surface area contributed by atoms with Crippen LogP contribution in [0.5, 0.6) is 0 Å². The fraction of sp³-hybridized carbons (Fsp3) is 0.760. The van der Waals surface area contributed by atoms with Crippen LogP contribution in [-0.4, -0.2) is 22.4 Å². The Morgan fingerprint density at radius 2 is 1.78 bits per heavy atom. The topological polar surface area (TPSA) is 40.5 Å². The van der Waals surface area contributed by atoms with Crippen LogP contribution in [0, 0.1) is 29.1 Å². The number of aliphatic hydroxyl groups is 2. The standard InChI is InChI=1S/C25H40O2/c1-16(2)13-17(3)21-10-11-22-20(7-6-12-25(21,22)5)9-8-19-14-23(26)18(4)24(27)15-19/h8-9,16-17,21-24,26-27H,4,6-7,10-15H2,1-3,5H3/b20-9+/t17-,21?,22?,23-,24-,25+/m1/s1. The van der Waals surface area contributed by atoms with Crippen molar-refractivity contribution in [3.8, 4) is 0 Å². The molecule has 0 bridgehead atoms. The van der Waals surface area contributed by atoms with E-state index in [4.69, 9.17) is 0 Å². The summed E-state index contributed by atoms with van der Waals surface area (Å²) in [6.07, 6.45) is 12.5. The summed E-state index contributed by atoms with van der Waals surface area (Å²) in [5.41, 5.74) is 3.80. The molecule has 2 N–H and O–H groups in total. The van der Waals surface area contributed by atoms with Gasteiger partial charge in [0, 0.05) is 0 Å². The molecule has 0 spiro atoms. The van der Waals surface area contributed by atoms with Gasteiger partial charge >= 0.3 is 0 Å². The van der Waals surface area contributed by atoms with Crippen molar-refractivity contribution in [2.75, 3.05) is 0 Å². The monoisotopic (exact) mass is 372 g/mol. The van der Waals surface area contributed by atoms with Crippen molar-refractivity contribution in [1.82, 2.24) is 0 Å². The van der Waals surface area contributed by atoms with E-state index in [0.717, 1.165) is 29.2 Å². The highest BCUT2D eigenvalue weighted by Gasteiger charge is 2.50. The van der Waals surface area contributed by atoms with Gasteiger partial charge in [-0.25, -0.2) is 0 Å². The number of rotatable bonds is 4. The lowest BCUT2D eigenvalue weighted by molar-refractivity contribution is 0.0893. The maximum absolute atomic E-state index is 10.1. The largest absolute Gasteiger partial charge is 0.388 e. The molecule has 3 saturated carbocycles. The highest BCUT2D eigenvalue weighted by atomic mass is 16.3. The van der Waals surface area contributed by atoms with E-state index in [0.29, 0.717) is 23.8 Å². The van der Waals surface area contributed by atoms with Gasteiger partial charge in [-0.05, 0) is 86.0 Å². The van der Waals surface area contributed by atoms with E-state index in [1.165, 1.54) is 38.5 Å². The average Bonchev–Trinajstić information content (AvgIpc) is 2.94. The van der Waals surface area contributed by atoms with Gasteiger partial charge < -0.3 is 10.2 Å². The highest BCUT2D eigenvalue weighted by molar-refractivity contribution is 5.29. The second-order valence-electron chi connectivity index (χ2n) is 10.3. The van der Waals surface area contributed by atoms with Crippen LogP contribution in [0.3, 0.4) is 0 Å². The Morgan fingerprint density at radius 1 is 1.11 bits per heavy atom. The van der Waals surface area contributed by atoms with Crippen LogP contribution in [-0.2, 0) is 0 Å². The predicted molar refractivity (Wildman–Crippen MR) is 113 cm³/mol. The molecule has 3 fully saturated rings. The van der Waals surface area contributed by atoms with E-state index in [-0.39, 0.29) is 0 Å². The molecule has 2 heteroatoms. The molecular weight excluding hydrogens is 332 g/mol. The minimum Gasteiger partial charge on any atom is -0.388 e. The van der Waals surface area contributed by atoms with Gasteiger partial charge in [0.25, 0.3) is 0 Å². The van der Waals surface area contributed by atoms with Crippen LogP contribution in [0.1, 0.15) is 79.1 Å². The van der Waals surface area contributed by atoms with Crippen molar-refractivity contribution >= 4 is 0 Å². The molecule has 3 aliphatic rings. The lowest BCUT2D eigenvalue weighted by Gasteiger charge is -2.44. The van der Waals surface area contributed by atoms with Crippen molar-refractivity contribution in [3.05, 3.63) is 35.5 Å². The van der Waals surface area contributed by atoms with E-state index in [2.05, 4.69) is 46.4 Å². The van der Waals surface area contributed by atoms with Crippen molar-refractivity contribution < 1.29 is 10.2 Å². The molecule has 152 valence electrons. The second kappa shape index (κ2) is 8.25. The third-order valence-corrected chi connectivity index (χ3v) is 7.87. The quantitative estimate of drug-likeness (QED) is 0.611. The molecule has 0 aromatic carbocycles. The molecule has 27 heavy (non-hydrogen) atoms. The zero-order valence-electron chi connectivity index (χ0n) is 17.9. The molecule has 2 unspecified atom stereocenters. The van der Waals surface area contributed by atoms with Crippen LogP contribution in [0.15, 0.2) is 35.5 Å². The molecule has 0 radical (unpaired) electrons. The molecular formula is C25H40O2. The second-order valence-corrected chi connectivity index (χ2v) is 10.3. The maximum Gasteiger partial charge on any atom is 0.0809 e. The van der Waals surface area contributed by atoms with E-state index >= 15 is 0 Å².